The average Bonchev–Trinajstić information content (AvgIpc) is 3.59. The molecule has 7 heteroatoms. The van der Waals surface area contributed by atoms with E-state index in [9.17, 15) is 0 Å². The summed E-state index contributed by atoms with van der Waals surface area (Å²) in [5.41, 5.74) is 11.8. The summed E-state index contributed by atoms with van der Waals surface area (Å²) in [6.07, 6.45) is 0. The highest BCUT2D eigenvalue weighted by Gasteiger charge is 2.30. The number of fused-ring (bicyclic) bond motifs is 7. The third-order valence-electron chi connectivity index (χ3n) is 9.85. The van der Waals surface area contributed by atoms with Gasteiger partial charge in [0.1, 0.15) is 11.0 Å². The van der Waals surface area contributed by atoms with E-state index >= 15 is 0 Å². The zero-order valence-corrected chi connectivity index (χ0v) is 28.2. The number of rotatable bonds is 4. The van der Waals surface area contributed by atoms with Gasteiger partial charge in [0.15, 0.2) is 34.2 Å². The van der Waals surface area contributed by atoms with Crippen LogP contribution in [-0.4, -0.2) is 9.97 Å². The second-order valence-electron chi connectivity index (χ2n) is 13.0. The zero-order chi connectivity index (χ0) is 34.9. The summed E-state index contributed by atoms with van der Waals surface area (Å²) in [4.78, 5) is 14.9. The molecule has 2 aliphatic rings. The molecule has 0 fully saturated rings. The molecule has 0 spiro atoms. The van der Waals surface area contributed by atoms with Crippen molar-refractivity contribution >= 4 is 56.3 Å². The van der Waals surface area contributed by atoms with E-state index in [1.54, 1.807) is 0 Å². The van der Waals surface area contributed by atoms with Crippen molar-refractivity contribution in [1.29, 1.82) is 0 Å². The van der Waals surface area contributed by atoms with E-state index in [-0.39, 0.29) is 0 Å². The fraction of sp³-hybridized carbons (Fsp3) is 0. The molecule has 0 bridgehead atoms. The predicted octanol–water partition coefficient (Wildman–Crippen LogP) is 12.9. The van der Waals surface area contributed by atoms with Gasteiger partial charge in [-0.15, -0.1) is 0 Å². The molecule has 9 aromatic rings. The summed E-state index contributed by atoms with van der Waals surface area (Å²) in [6, 6.07) is 57.1. The van der Waals surface area contributed by atoms with Crippen molar-refractivity contribution < 1.29 is 13.9 Å². The Labute approximate surface area is 304 Å². The minimum atomic E-state index is 0.658. The Morgan fingerprint density at radius 1 is 0.358 bits per heavy atom. The molecule has 0 N–H and O–H groups in total. The Balaban J connectivity index is 1.05. The lowest BCUT2D eigenvalue weighted by atomic mass is 10.0. The fourth-order valence-electron chi connectivity index (χ4n) is 7.48. The van der Waals surface area contributed by atoms with E-state index in [0.29, 0.717) is 22.2 Å². The van der Waals surface area contributed by atoms with E-state index in [1.165, 1.54) is 0 Å². The number of hydrogen-bond donors (Lipinski definition) is 0. The molecule has 0 saturated heterocycles. The largest absolute Gasteiger partial charge is 0.453 e. The highest BCUT2D eigenvalue weighted by Crippen LogP contribution is 2.55. The van der Waals surface area contributed by atoms with Gasteiger partial charge in [-0.25, -0.2) is 9.97 Å². The van der Waals surface area contributed by atoms with Gasteiger partial charge in [0, 0.05) is 22.5 Å². The quantitative estimate of drug-likeness (QED) is 0.183. The monoisotopic (exact) mass is 684 g/mol. The molecule has 0 atom stereocenters. The van der Waals surface area contributed by atoms with Crippen LogP contribution in [0.1, 0.15) is 0 Å². The summed E-state index contributed by atoms with van der Waals surface area (Å²) < 4.78 is 19.6. The molecule has 2 aliphatic heterocycles. The number of benzene rings is 6. The smallest absolute Gasteiger partial charge is 0.160 e. The van der Waals surface area contributed by atoms with Gasteiger partial charge in [-0.1, -0.05) is 72.8 Å². The van der Waals surface area contributed by atoms with E-state index < -0.39 is 0 Å². The molecule has 250 valence electrons. The van der Waals surface area contributed by atoms with E-state index in [4.69, 9.17) is 23.9 Å². The Hall–Kier alpha value is -7.38. The molecule has 0 radical (unpaired) electrons. The number of para-hydroxylation sites is 8. The van der Waals surface area contributed by atoms with Crippen LogP contribution in [0, 0.1) is 0 Å². The van der Waals surface area contributed by atoms with Crippen LogP contribution < -0.4 is 19.3 Å². The summed E-state index contributed by atoms with van der Waals surface area (Å²) in [5.74, 6) is 3.03. The minimum Gasteiger partial charge on any atom is -0.453 e. The van der Waals surface area contributed by atoms with Crippen LogP contribution in [0.15, 0.2) is 174 Å². The second kappa shape index (κ2) is 11.6. The van der Waals surface area contributed by atoms with Gasteiger partial charge < -0.3 is 23.7 Å². The van der Waals surface area contributed by atoms with Crippen molar-refractivity contribution in [3.05, 3.63) is 170 Å². The topological polar surface area (TPSA) is 63.9 Å². The van der Waals surface area contributed by atoms with Crippen LogP contribution in [0.4, 0.5) is 34.1 Å². The van der Waals surface area contributed by atoms with Crippen LogP contribution in [0.25, 0.3) is 44.7 Å². The van der Waals surface area contributed by atoms with Gasteiger partial charge in [0.2, 0.25) is 0 Å². The number of anilines is 6. The molecule has 3 aromatic heterocycles. The average molecular weight is 685 g/mol. The van der Waals surface area contributed by atoms with Crippen LogP contribution >= 0.6 is 0 Å². The summed E-state index contributed by atoms with van der Waals surface area (Å²) in [7, 11) is 0. The van der Waals surface area contributed by atoms with Crippen molar-refractivity contribution in [2.45, 2.75) is 0 Å². The maximum absolute atomic E-state index is 6.65. The number of aromatic nitrogens is 2. The number of hydrogen-bond acceptors (Lipinski definition) is 7. The van der Waals surface area contributed by atoms with Gasteiger partial charge in [-0.05, 0) is 97.1 Å². The van der Waals surface area contributed by atoms with Gasteiger partial charge >= 0.3 is 0 Å². The van der Waals surface area contributed by atoms with Gasteiger partial charge in [-0.3, -0.25) is 0 Å². The van der Waals surface area contributed by atoms with Crippen molar-refractivity contribution in [3.8, 4) is 45.5 Å². The molecule has 11 rings (SSSR count). The van der Waals surface area contributed by atoms with Crippen LogP contribution in [0.2, 0.25) is 0 Å². The van der Waals surface area contributed by atoms with E-state index in [0.717, 1.165) is 79.6 Å². The number of nitrogens with zero attached hydrogens (tertiary/aromatic N) is 4. The molecule has 0 amide bonds. The zero-order valence-electron chi connectivity index (χ0n) is 28.2. The number of furan rings is 1. The van der Waals surface area contributed by atoms with Gasteiger partial charge in [-0.2, -0.15) is 0 Å². The summed E-state index contributed by atoms with van der Waals surface area (Å²) in [5, 5.41) is 0. The summed E-state index contributed by atoms with van der Waals surface area (Å²) in [6.45, 7) is 0. The molecule has 6 aromatic carbocycles. The van der Waals surface area contributed by atoms with Gasteiger partial charge in [0.05, 0.1) is 34.1 Å². The standard InChI is InChI=1S/C46H28N4O3/c1-3-13-29(14-4-1)49-35-19-7-9-23-39(35)52-45-31(17-11-21-37(45)49)33-25-27-41-43(47-33)44-42(51-41)28-26-34(48-44)32-18-12-22-38-46(32)53-40-24-10-8-20-36(40)50(38)30-15-5-2-6-16-30/h1-28H. The van der Waals surface area contributed by atoms with Crippen molar-refractivity contribution in [3.63, 3.8) is 0 Å². The van der Waals surface area contributed by atoms with Crippen molar-refractivity contribution in [2.24, 2.45) is 0 Å². The molecule has 5 heterocycles. The van der Waals surface area contributed by atoms with Crippen LogP contribution in [-0.2, 0) is 0 Å². The highest BCUT2D eigenvalue weighted by atomic mass is 16.5. The molecule has 0 saturated carbocycles. The lowest BCUT2D eigenvalue weighted by Crippen LogP contribution is -2.16. The van der Waals surface area contributed by atoms with Crippen LogP contribution in [0.5, 0.6) is 23.0 Å². The first-order valence-electron chi connectivity index (χ1n) is 17.5. The Morgan fingerprint density at radius 3 is 1.25 bits per heavy atom. The maximum atomic E-state index is 6.65. The van der Waals surface area contributed by atoms with Crippen molar-refractivity contribution in [1.82, 2.24) is 9.97 Å². The lowest BCUT2D eigenvalue weighted by Gasteiger charge is -2.33. The Morgan fingerprint density at radius 2 is 0.774 bits per heavy atom. The normalized spacial score (nSPS) is 12.8. The molecule has 7 nitrogen and oxygen atoms in total. The SMILES string of the molecule is c1ccc(N2c3ccccc3Oc3c(-c4ccc5oc6ccc(-c7cccc8c7Oc7ccccc7N8c7ccccc7)nc6c5n4)cccc32)cc1. The van der Waals surface area contributed by atoms with Crippen LogP contribution in [0.3, 0.4) is 0 Å². The third kappa shape index (κ3) is 4.61. The third-order valence-corrected chi connectivity index (χ3v) is 9.85. The Kier molecular flexibility index (Phi) is 6.42. The maximum Gasteiger partial charge on any atom is 0.160 e. The molecule has 0 aliphatic carbocycles. The molecule has 0 unspecified atom stereocenters. The number of ether oxygens (including phenoxy) is 2. The number of pyridine rings is 2. The summed E-state index contributed by atoms with van der Waals surface area (Å²) >= 11 is 0. The highest BCUT2D eigenvalue weighted by molar-refractivity contribution is 6.02. The molecular formula is C46H28N4O3. The van der Waals surface area contributed by atoms with Crippen molar-refractivity contribution in [2.75, 3.05) is 9.80 Å². The first-order chi connectivity index (χ1) is 26.3. The first-order valence-corrected chi connectivity index (χ1v) is 17.5. The lowest BCUT2D eigenvalue weighted by molar-refractivity contribution is 0.478. The predicted molar refractivity (Wildman–Crippen MR) is 210 cm³/mol. The second-order valence-corrected chi connectivity index (χ2v) is 13.0. The molecule has 53 heavy (non-hydrogen) atoms. The van der Waals surface area contributed by atoms with Gasteiger partial charge in [0.25, 0.3) is 0 Å². The fourth-order valence-corrected chi connectivity index (χ4v) is 7.48. The Bertz CT molecular complexity index is 2680. The first kappa shape index (κ1) is 29.4. The molecular weight excluding hydrogens is 657 g/mol. The minimum absolute atomic E-state index is 0.658. The van der Waals surface area contributed by atoms with E-state index in [1.807, 2.05) is 109 Å². The van der Waals surface area contributed by atoms with E-state index in [2.05, 4.69) is 70.5 Å².